The van der Waals surface area contributed by atoms with Crippen molar-refractivity contribution in [2.45, 2.75) is 65.6 Å². The molecule has 2 unspecified atom stereocenters. The maximum absolute atomic E-state index is 5.85. The second-order valence-corrected chi connectivity index (χ2v) is 6.24. The predicted molar refractivity (Wildman–Crippen MR) is 79.6 cm³/mol. The van der Waals surface area contributed by atoms with Gasteiger partial charge in [-0.1, -0.05) is 20.8 Å². The van der Waals surface area contributed by atoms with Gasteiger partial charge in [0.25, 0.3) is 0 Å². The first kappa shape index (κ1) is 15.4. The lowest BCUT2D eigenvalue weighted by Crippen LogP contribution is -2.44. The molecule has 5 nitrogen and oxygen atoms in total. The Labute approximate surface area is 122 Å². The molecule has 2 heterocycles. The summed E-state index contributed by atoms with van der Waals surface area (Å²) >= 11 is 0. The minimum absolute atomic E-state index is 0.142. The van der Waals surface area contributed by atoms with Gasteiger partial charge in [-0.15, -0.1) is 0 Å². The number of nitrogens with zero attached hydrogens (tertiary/aromatic N) is 3. The van der Waals surface area contributed by atoms with E-state index in [-0.39, 0.29) is 11.5 Å². The Balaban J connectivity index is 2.13. The lowest BCUT2D eigenvalue weighted by atomic mass is 9.78. The SMILES string of the molecule is CCCn1ncnc1CC1(CNC(C)C)CCOC1C. The van der Waals surface area contributed by atoms with Crippen molar-refractivity contribution >= 4 is 0 Å². The number of aryl methyl sites for hydroxylation is 1. The van der Waals surface area contributed by atoms with Crippen molar-refractivity contribution in [3.8, 4) is 0 Å². The van der Waals surface area contributed by atoms with Crippen molar-refractivity contribution in [3.05, 3.63) is 12.2 Å². The molecule has 0 aliphatic carbocycles. The molecule has 1 aromatic rings. The number of aromatic nitrogens is 3. The molecule has 1 N–H and O–H groups in total. The molecular formula is C15H28N4O. The van der Waals surface area contributed by atoms with E-state index in [0.717, 1.165) is 44.8 Å². The van der Waals surface area contributed by atoms with Gasteiger partial charge in [0.1, 0.15) is 12.2 Å². The van der Waals surface area contributed by atoms with Crippen LogP contribution in [0.3, 0.4) is 0 Å². The second kappa shape index (κ2) is 6.68. The van der Waals surface area contributed by atoms with Crippen molar-refractivity contribution < 1.29 is 4.74 Å². The normalized spacial score (nSPS) is 26.6. The average molecular weight is 280 g/mol. The first-order chi connectivity index (χ1) is 9.57. The second-order valence-electron chi connectivity index (χ2n) is 6.24. The third-order valence-corrected chi connectivity index (χ3v) is 4.33. The van der Waals surface area contributed by atoms with Gasteiger partial charge in [0.2, 0.25) is 0 Å². The van der Waals surface area contributed by atoms with Gasteiger partial charge in [-0.2, -0.15) is 5.10 Å². The highest BCUT2D eigenvalue weighted by atomic mass is 16.5. The quantitative estimate of drug-likeness (QED) is 0.830. The Morgan fingerprint density at radius 3 is 2.95 bits per heavy atom. The van der Waals surface area contributed by atoms with Crippen LogP contribution in [0.15, 0.2) is 6.33 Å². The van der Waals surface area contributed by atoms with Gasteiger partial charge >= 0.3 is 0 Å². The molecule has 0 spiro atoms. The molecule has 2 atom stereocenters. The van der Waals surface area contributed by atoms with Gasteiger partial charge in [0.15, 0.2) is 0 Å². The molecule has 1 aliphatic rings. The summed E-state index contributed by atoms with van der Waals surface area (Å²) in [5.41, 5.74) is 0.142. The average Bonchev–Trinajstić information content (AvgIpc) is 2.97. The van der Waals surface area contributed by atoms with Crippen LogP contribution < -0.4 is 5.32 Å². The van der Waals surface area contributed by atoms with E-state index >= 15 is 0 Å². The summed E-state index contributed by atoms with van der Waals surface area (Å²) in [6, 6.07) is 0.494. The van der Waals surface area contributed by atoms with E-state index in [0.29, 0.717) is 6.04 Å². The van der Waals surface area contributed by atoms with Crippen LogP contribution >= 0.6 is 0 Å². The van der Waals surface area contributed by atoms with E-state index in [9.17, 15) is 0 Å². The van der Waals surface area contributed by atoms with Gasteiger partial charge < -0.3 is 10.1 Å². The number of nitrogens with one attached hydrogen (secondary N) is 1. The fraction of sp³-hybridized carbons (Fsp3) is 0.867. The van der Waals surface area contributed by atoms with E-state index in [1.54, 1.807) is 6.33 Å². The molecule has 0 amide bonds. The molecule has 20 heavy (non-hydrogen) atoms. The van der Waals surface area contributed by atoms with Crippen LogP contribution in [0.1, 0.15) is 46.4 Å². The molecule has 0 bridgehead atoms. The van der Waals surface area contributed by atoms with Gasteiger partial charge in [0.05, 0.1) is 6.10 Å². The molecule has 1 aliphatic heterocycles. The fourth-order valence-electron chi connectivity index (χ4n) is 2.89. The third-order valence-electron chi connectivity index (χ3n) is 4.33. The summed E-state index contributed by atoms with van der Waals surface area (Å²) in [6.45, 7) is 11.5. The van der Waals surface area contributed by atoms with Gasteiger partial charge in [-0.25, -0.2) is 4.98 Å². The topological polar surface area (TPSA) is 52.0 Å². The van der Waals surface area contributed by atoms with Gasteiger partial charge in [-0.3, -0.25) is 4.68 Å². The minimum atomic E-state index is 0.142. The van der Waals surface area contributed by atoms with E-state index in [2.05, 4.69) is 43.1 Å². The van der Waals surface area contributed by atoms with Crippen LogP contribution in [0.5, 0.6) is 0 Å². The van der Waals surface area contributed by atoms with Crippen molar-refractivity contribution in [1.82, 2.24) is 20.1 Å². The third kappa shape index (κ3) is 3.38. The van der Waals surface area contributed by atoms with Crippen molar-refractivity contribution in [3.63, 3.8) is 0 Å². The van der Waals surface area contributed by atoms with Crippen LogP contribution in [0.4, 0.5) is 0 Å². The zero-order valence-electron chi connectivity index (χ0n) is 13.2. The molecule has 1 aromatic heterocycles. The summed E-state index contributed by atoms with van der Waals surface area (Å²) in [5, 5.41) is 7.93. The first-order valence-corrected chi connectivity index (χ1v) is 7.79. The number of hydrogen-bond donors (Lipinski definition) is 1. The predicted octanol–water partition coefficient (Wildman–Crippen LogP) is 2.02. The molecule has 1 saturated heterocycles. The highest BCUT2D eigenvalue weighted by Crippen LogP contribution is 2.37. The molecule has 0 radical (unpaired) electrons. The van der Waals surface area contributed by atoms with E-state index in [4.69, 9.17) is 4.74 Å². The van der Waals surface area contributed by atoms with Crippen molar-refractivity contribution in [1.29, 1.82) is 0 Å². The maximum atomic E-state index is 5.85. The first-order valence-electron chi connectivity index (χ1n) is 7.79. The molecule has 114 valence electrons. The summed E-state index contributed by atoms with van der Waals surface area (Å²) in [5.74, 6) is 1.09. The van der Waals surface area contributed by atoms with Crippen LogP contribution in [-0.2, 0) is 17.7 Å². The zero-order chi connectivity index (χ0) is 14.6. The smallest absolute Gasteiger partial charge is 0.138 e. The molecule has 5 heteroatoms. The van der Waals surface area contributed by atoms with E-state index in [1.807, 2.05) is 4.68 Å². The Kier molecular flexibility index (Phi) is 5.16. The molecule has 0 saturated carbocycles. The fourth-order valence-corrected chi connectivity index (χ4v) is 2.89. The van der Waals surface area contributed by atoms with E-state index < -0.39 is 0 Å². The van der Waals surface area contributed by atoms with Gasteiger partial charge in [0, 0.05) is 37.6 Å². The Bertz CT molecular complexity index is 418. The van der Waals surface area contributed by atoms with Crippen LogP contribution in [-0.4, -0.2) is 40.1 Å². The largest absolute Gasteiger partial charge is 0.378 e. The van der Waals surface area contributed by atoms with Crippen LogP contribution in [0, 0.1) is 5.41 Å². The molecule has 1 fully saturated rings. The lowest BCUT2D eigenvalue weighted by molar-refractivity contribution is 0.0605. The number of rotatable bonds is 7. The number of hydrogen-bond acceptors (Lipinski definition) is 4. The van der Waals surface area contributed by atoms with E-state index in [1.165, 1.54) is 0 Å². The molecular weight excluding hydrogens is 252 g/mol. The minimum Gasteiger partial charge on any atom is -0.378 e. The Morgan fingerprint density at radius 2 is 2.35 bits per heavy atom. The maximum Gasteiger partial charge on any atom is 0.138 e. The van der Waals surface area contributed by atoms with Crippen molar-refractivity contribution in [2.24, 2.45) is 5.41 Å². The molecule has 0 aromatic carbocycles. The number of ether oxygens (including phenoxy) is 1. The Hall–Kier alpha value is -0.940. The highest BCUT2D eigenvalue weighted by Gasteiger charge is 2.42. The van der Waals surface area contributed by atoms with Crippen LogP contribution in [0.25, 0.3) is 0 Å². The van der Waals surface area contributed by atoms with Crippen LogP contribution in [0.2, 0.25) is 0 Å². The summed E-state index contributed by atoms with van der Waals surface area (Å²) in [7, 11) is 0. The zero-order valence-corrected chi connectivity index (χ0v) is 13.2. The Morgan fingerprint density at radius 1 is 1.55 bits per heavy atom. The summed E-state index contributed by atoms with van der Waals surface area (Å²) < 4.78 is 7.90. The van der Waals surface area contributed by atoms with Gasteiger partial charge in [-0.05, 0) is 19.8 Å². The summed E-state index contributed by atoms with van der Waals surface area (Å²) in [6.07, 6.45) is 5.05. The lowest BCUT2D eigenvalue weighted by Gasteiger charge is -2.33. The molecule has 2 rings (SSSR count). The highest BCUT2D eigenvalue weighted by molar-refractivity contribution is 5.00. The monoisotopic (exact) mass is 280 g/mol. The van der Waals surface area contributed by atoms with Crippen molar-refractivity contribution in [2.75, 3.05) is 13.2 Å². The standard InChI is InChI=1S/C15H28N4O/c1-5-7-19-14(17-11-18-19)9-15(10-16-12(2)3)6-8-20-13(15)4/h11-13,16H,5-10H2,1-4H3. The summed E-state index contributed by atoms with van der Waals surface area (Å²) in [4.78, 5) is 4.47.